The van der Waals surface area contributed by atoms with Crippen molar-refractivity contribution in [3.63, 3.8) is 0 Å². The molecule has 0 saturated heterocycles. The van der Waals surface area contributed by atoms with E-state index in [1.165, 1.54) is 0 Å². The number of aliphatic hydroxyl groups is 1. The van der Waals surface area contributed by atoms with Gasteiger partial charge in [-0.2, -0.15) is 0 Å². The molecule has 2 aromatic carbocycles. The minimum atomic E-state index is -3.49. The van der Waals surface area contributed by atoms with Crippen LogP contribution in [0.15, 0.2) is 59.5 Å². The third-order valence-electron chi connectivity index (χ3n) is 3.49. The summed E-state index contributed by atoms with van der Waals surface area (Å²) >= 11 is 0. The fraction of sp³-hybridized carbons (Fsp3) is 0.333. The van der Waals surface area contributed by atoms with Crippen molar-refractivity contribution < 1.29 is 13.5 Å². The highest BCUT2D eigenvalue weighted by atomic mass is 32.2. The topological polar surface area (TPSA) is 69.6 Å². The average Bonchev–Trinajstić information content (AvgIpc) is 2.54. The van der Waals surface area contributed by atoms with E-state index in [9.17, 15) is 13.5 Å². The van der Waals surface area contributed by atoms with Gasteiger partial charge in [0.25, 0.3) is 0 Å². The summed E-state index contributed by atoms with van der Waals surface area (Å²) in [7, 11) is -3.49. The number of sulfonamides is 1. The highest BCUT2D eigenvalue weighted by molar-refractivity contribution is 7.89. The highest BCUT2D eigenvalue weighted by Gasteiger charge is 2.16. The van der Waals surface area contributed by atoms with Gasteiger partial charge in [0, 0.05) is 24.8 Å². The van der Waals surface area contributed by atoms with Gasteiger partial charge in [-0.15, -0.1) is 0 Å². The van der Waals surface area contributed by atoms with Crippen LogP contribution in [-0.4, -0.2) is 32.7 Å². The Bertz CT molecular complexity index is 729. The number of aliphatic hydroxyl groups excluding tert-OH is 1. The molecular formula is C18H24N2O3S. The van der Waals surface area contributed by atoms with Gasteiger partial charge in [-0.1, -0.05) is 30.3 Å². The second-order valence-electron chi connectivity index (χ2n) is 5.90. The van der Waals surface area contributed by atoms with Crippen LogP contribution < -0.4 is 9.62 Å². The third-order valence-corrected chi connectivity index (χ3v) is 5.16. The van der Waals surface area contributed by atoms with E-state index in [-0.39, 0.29) is 17.5 Å². The van der Waals surface area contributed by atoms with Crippen LogP contribution in [0.25, 0.3) is 0 Å². The molecule has 0 aliphatic heterocycles. The predicted molar refractivity (Wildman–Crippen MR) is 96.5 cm³/mol. The predicted octanol–water partition coefficient (Wildman–Crippen LogP) is 2.37. The van der Waals surface area contributed by atoms with Crippen molar-refractivity contribution >= 4 is 15.7 Å². The summed E-state index contributed by atoms with van der Waals surface area (Å²) in [6.07, 6.45) is 0. The van der Waals surface area contributed by atoms with Crippen LogP contribution in [0.2, 0.25) is 0 Å². The van der Waals surface area contributed by atoms with Crippen molar-refractivity contribution in [3.8, 4) is 0 Å². The van der Waals surface area contributed by atoms with Gasteiger partial charge in [-0.3, -0.25) is 0 Å². The van der Waals surface area contributed by atoms with Crippen molar-refractivity contribution in [1.82, 2.24) is 4.72 Å². The summed E-state index contributed by atoms with van der Waals surface area (Å²) < 4.78 is 26.9. The first-order chi connectivity index (χ1) is 11.4. The standard InChI is InChI=1S/C18H24N2O3S/c1-15(2)19-24(22,23)18-10-8-17(9-11-18)20(12-13-21)14-16-6-4-3-5-7-16/h3-11,15,19,21H,12-14H2,1-2H3. The quantitative estimate of drug-likeness (QED) is 0.768. The Hall–Kier alpha value is -1.89. The van der Waals surface area contributed by atoms with E-state index < -0.39 is 10.0 Å². The molecule has 0 atom stereocenters. The summed E-state index contributed by atoms with van der Waals surface area (Å²) in [6.45, 7) is 4.73. The lowest BCUT2D eigenvalue weighted by Crippen LogP contribution is -2.30. The Morgan fingerprint density at radius 1 is 1.04 bits per heavy atom. The molecule has 0 radical (unpaired) electrons. The average molecular weight is 348 g/mol. The van der Waals surface area contributed by atoms with Crippen molar-refractivity contribution in [3.05, 3.63) is 60.2 Å². The Morgan fingerprint density at radius 2 is 1.67 bits per heavy atom. The smallest absolute Gasteiger partial charge is 0.240 e. The molecule has 0 saturated carbocycles. The zero-order valence-electron chi connectivity index (χ0n) is 14.0. The van der Waals surface area contributed by atoms with Gasteiger partial charge in [-0.25, -0.2) is 13.1 Å². The van der Waals surface area contributed by atoms with Crippen LogP contribution in [0.4, 0.5) is 5.69 Å². The van der Waals surface area contributed by atoms with Crippen molar-refractivity contribution in [2.45, 2.75) is 31.3 Å². The molecule has 0 aliphatic rings. The van der Waals surface area contributed by atoms with Crippen LogP contribution in [0.3, 0.4) is 0 Å². The van der Waals surface area contributed by atoms with Gasteiger partial charge in [0.15, 0.2) is 0 Å². The van der Waals surface area contributed by atoms with E-state index in [4.69, 9.17) is 0 Å². The molecule has 130 valence electrons. The van der Waals surface area contributed by atoms with Crippen LogP contribution in [-0.2, 0) is 16.6 Å². The van der Waals surface area contributed by atoms with E-state index in [2.05, 4.69) is 4.72 Å². The van der Waals surface area contributed by atoms with Crippen molar-refractivity contribution in [1.29, 1.82) is 0 Å². The fourth-order valence-corrected chi connectivity index (χ4v) is 3.69. The Kier molecular flexibility index (Phi) is 6.36. The molecule has 6 heteroatoms. The number of nitrogens with zero attached hydrogens (tertiary/aromatic N) is 1. The maximum absolute atomic E-state index is 12.2. The fourth-order valence-electron chi connectivity index (χ4n) is 2.44. The second kappa shape index (κ2) is 8.28. The summed E-state index contributed by atoms with van der Waals surface area (Å²) in [5.41, 5.74) is 2.00. The maximum atomic E-state index is 12.2. The Balaban J connectivity index is 2.20. The SMILES string of the molecule is CC(C)NS(=O)(=O)c1ccc(N(CCO)Cc2ccccc2)cc1. The van der Waals surface area contributed by atoms with E-state index in [0.717, 1.165) is 11.3 Å². The maximum Gasteiger partial charge on any atom is 0.240 e. The lowest BCUT2D eigenvalue weighted by Gasteiger charge is -2.24. The van der Waals surface area contributed by atoms with Gasteiger partial charge in [0.1, 0.15) is 0 Å². The zero-order chi connectivity index (χ0) is 17.6. The number of anilines is 1. The summed E-state index contributed by atoms with van der Waals surface area (Å²) in [4.78, 5) is 2.25. The highest BCUT2D eigenvalue weighted by Crippen LogP contribution is 2.20. The summed E-state index contributed by atoms with van der Waals surface area (Å²) in [5, 5.41) is 9.31. The second-order valence-corrected chi connectivity index (χ2v) is 7.61. The Morgan fingerprint density at radius 3 is 2.21 bits per heavy atom. The molecule has 0 unspecified atom stereocenters. The molecule has 24 heavy (non-hydrogen) atoms. The number of hydrogen-bond donors (Lipinski definition) is 2. The van der Waals surface area contributed by atoms with Gasteiger partial charge >= 0.3 is 0 Å². The minimum Gasteiger partial charge on any atom is -0.395 e. The van der Waals surface area contributed by atoms with E-state index >= 15 is 0 Å². The molecule has 0 aliphatic carbocycles. The van der Waals surface area contributed by atoms with Crippen LogP contribution in [0, 0.1) is 0 Å². The third kappa shape index (κ3) is 5.06. The molecular weight excluding hydrogens is 324 g/mol. The molecule has 0 aromatic heterocycles. The van der Waals surface area contributed by atoms with Gasteiger partial charge < -0.3 is 10.0 Å². The van der Waals surface area contributed by atoms with Gasteiger partial charge in [-0.05, 0) is 43.7 Å². The van der Waals surface area contributed by atoms with Crippen LogP contribution in [0.1, 0.15) is 19.4 Å². The molecule has 2 N–H and O–H groups in total. The van der Waals surface area contributed by atoms with E-state index in [0.29, 0.717) is 13.1 Å². The van der Waals surface area contributed by atoms with Crippen molar-refractivity contribution in [2.24, 2.45) is 0 Å². The van der Waals surface area contributed by atoms with E-state index in [1.807, 2.05) is 35.2 Å². The van der Waals surface area contributed by atoms with Crippen LogP contribution in [0.5, 0.6) is 0 Å². The minimum absolute atomic E-state index is 0.0296. The molecule has 0 spiro atoms. The molecule has 0 heterocycles. The van der Waals surface area contributed by atoms with Gasteiger partial charge in [0.2, 0.25) is 10.0 Å². The normalized spacial score (nSPS) is 11.7. The molecule has 0 bridgehead atoms. The number of hydrogen-bond acceptors (Lipinski definition) is 4. The first-order valence-corrected chi connectivity index (χ1v) is 9.43. The molecule has 0 amide bonds. The molecule has 2 aromatic rings. The van der Waals surface area contributed by atoms with Crippen LogP contribution >= 0.6 is 0 Å². The monoisotopic (exact) mass is 348 g/mol. The first-order valence-electron chi connectivity index (χ1n) is 7.94. The molecule has 5 nitrogen and oxygen atoms in total. The lowest BCUT2D eigenvalue weighted by molar-refractivity contribution is 0.301. The van der Waals surface area contributed by atoms with Crippen molar-refractivity contribution in [2.75, 3.05) is 18.1 Å². The number of benzene rings is 2. The van der Waals surface area contributed by atoms with Gasteiger partial charge in [0.05, 0.1) is 11.5 Å². The number of nitrogens with one attached hydrogen (secondary N) is 1. The number of rotatable bonds is 8. The zero-order valence-corrected chi connectivity index (χ0v) is 14.8. The lowest BCUT2D eigenvalue weighted by atomic mass is 10.2. The summed E-state index contributed by atoms with van der Waals surface area (Å²) in [6, 6.07) is 16.5. The Labute approximate surface area is 144 Å². The largest absolute Gasteiger partial charge is 0.395 e. The molecule has 0 fully saturated rings. The van der Waals surface area contributed by atoms with E-state index in [1.54, 1.807) is 38.1 Å². The first kappa shape index (κ1) is 18.4. The summed E-state index contributed by atoms with van der Waals surface area (Å²) in [5.74, 6) is 0. The molecule has 2 rings (SSSR count).